The minimum atomic E-state index is -0.0328. The molecule has 2 aromatic rings. The Morgan fingerprint density at radius 1 is 1.29 bits per heavy atom. The molecule has 0 unspecified atom stereocenters. The molecule has 0 atom stereocenters. The van der Waals surface area contributed by atoms with Gasteiger partial charge in [0, 0.05) is 18.7 Å². The molecule has 1 aromatic carbocycles. The van der Waals surface area contributed by atoms with E-state index in [0.29, 0.717) is 11.5 Å². The van der Waals surface area contributed by atoms with Crippen LogP contribution in [0.3, 0.4) is 0 Å². The van der Waals surface area contributed by atoms with Crippen molar-refractivity contribution < 1.29 is 5.11 Å². The zero-order valence-electron chi connectivity index (χ0n) is 9.51. The molecular weight excluding hydrogens is 216 g/mol. The summed E-state index contributed by atoms with van der Waals surface area (Å²) in [5.41, 5.74) is 8.01. The number of nitrogen functional groups attached to an aromatic ring is 1. The van der Waals surface area contributed by atoms with Crippen molar-refractivity contribution in [2.75, 3.05) is 18.1 Å². The van der Waals surface area contributed by atoms with E-state index in [1.54, 1.807) is 13.1 Å². The Kier molecular flexibility index (Phi) is 3.20. The number of aliphatic hydroxyl groups is 1. The molecule has 0 aliphatic heterocycles. The lowest BCUT2D eigenvalue weighted by Crippen LogP contribution is -2.02. The highest BCUT2D eigenvalue weighted by molar-refractivity contribution is 5.67. The Morgan fingerprint density at radius 2 is 2.06 bits per heavy atom. The van der Waals surface area contributed by atoms with Gasteiger partial charge in [0.05, 0.1) is 12.3 Å². The Hall–Kier alpha value is -2.14. The van der Waals surface area contributed by atoms with Crippen LogP contribution in [0.2, 0.25) is 0 Å². The smallest absolute Gasteiger partial charge is 0.222 e. The predicted octanol–water partition coefficient (Wildman–Crippen LogP) is 1.26. The molecule has 1 aromatic heterocycles. The average molecular weight is 230 g/mol. The van der Waals surface area contributed by atoms with Crippen LogP contribution in [0.5, 0.6) is 0 Å². The van der Waals surface area contributed by atoms with Gasteiger partial charge in [-0.2, -0.15) is 4.98 Å². The Labute approximate surface area is 99.3 Å². The number of nitrogens with zero attached hydrogens (tertiary/aromatic N) is 2. The highest BCUT2D eigenvalue weighted by atomic mass is 16.3. The maximum atomic E-state index is 9.29. The number of hydrogen-bond donors (Lipinski definition) is 3. The molecule has 5 nitrogen and oxygen atoms in total. The topological polar surface area (TPSA) is 84.1 Å². The van der Waals surface area contributed by atoms with Gasteiger partial charge in [-0.05, 0) is 5.56 Å². The Bertz CT molecular complexity index is 528. The van der Waals surface area contributed by atoms with Crippen molar-refractivity contribution in [3.63, 3.8) is 0 Å². The number of anilines is 2. The molecule has 1 heterocycles. The monoisotopic (exact) mass is 230 g/mol. The standard InChI is InChI=1S/C12H14N4O/c1-14-11-6-10(15-12(13)16-11)9-5-3-2-4-8(9)7-17/h2-6,17H,7H2,1H3,(H3,13,14,15,16). The second-order valence-corrected chi connectivity index (χ2v) is 3.56. The number of aliphatic hydroxyl groups excluding tert-OH is 1. The van der Waals surface area contributed by atoms with Gasteiger partial charge in [0.1, 0.15) is 5.82 Å². The van der Waals surface area contributed by atoms with Crippen molar-refractivity contribution >= 4 is 11.8 Å². The van der Waals surface area contributed by atoms with Gasteiger partial charge in [-0.3, -0.25) is 0 Å². The molecule has 0 amide bonds. The Morgan fingerprint density at radius 3 is 2.76 bits per heavy atom. The molecule has 2 rings (SSSR count). The van der Waals surface area contributed by atoms with Crippen molar-refractivity contribution in [2.45, 2.75) is 6.61 Å². The second kappa shape index (κ2) is 4.80. The first kappa shape index (κ1) is 11.3. The summed E-state index contributed by atoms with van der Waals surface area (Å²) in [5, 5.41) is 12.2. The van der Waals surface area contributed by atoms with E-state index in [1.807, 2.05) is 24.3 Å². The van der Waals surface area contributed by atoms with Gasteiger partial charge in [-0.25, -0.2) is 4.98 Å². The molecule has 5 heteroatoms. The molecule has 0 spiro atoms. The minimum absolute atomic E-state index is 0.0328. The summed E-state index contributed by atoms with van der Waals surface area (Å²) in [6.45, 7) is -0.0328. The summed E-state index contributed by atoms with van der Waals surface area (Å²) in [6.07, 6.45) is 0. The van der Waals surface area contributed by atoms with E-state index in [-0.39, 0.29) is 12.6 Å². The first-order chi connectivity index (χ1) is 8.24. The van der Waals surface area contributed by atoms with Crippen molar-refractivity contribution in [2.24, 2.45) is 0 Å². The van der Waals surface area contributed by atoms with Gasteiger partial charge >= 0.3 is 0 Å². The van der Waals surface area contributed by atoms with Crippen LogP contribution in [0, 0.1) is 0 Å². The van der Waals surface area contributed by atoms with Gasteiger partial charge in [-0.1, -0.05) is 24.3 Å². The van der Waals surface area contributed by atoms with Crippen LogP contribution in [0.1, 0.15) is 5.56 Å². The van der Waals surface area contributed by atoms with Gasteiger partial charge in [0.25, 0.3) is 0 Å². The highest BCUT2D eigenvalue weighted by Crippen LogP contribution is 2.24. The van der Waals surface area contributed by atoms with Crippen molar-refractivity contribution in [1.29, 1.82) is 0 Å². The highest BCUT2D eigenvalue weighted by Gasteiger charge is 2.07. The summed E-state index contributed by atoms with van der Waals surface area (Å²) in [6, 6.07) is 9.31. The van der Waals surface area contributed by atoms with E-state index in [9.17, 15) is 5.11 Å². The summed E-state index contributed by atoms with van der Waals surface area (Å²) >= 11 is 0. The van der Waals surface area contributed by atoms with Crippen LogP contribution < -0.4 is 11.1 Å². The number of aromatic nitrogens is 2. The number of nitrogens with one attached hydrogen (secondary N) is 1. The number of benzene rings is 1. The molecule has 0 aliphatic carbocycles. The first-order valence-corrected chi connectivity index (χ1v) is 5.26. The molecule has 4 N–H and O–H groups in total. The van der Waals surface area contributed by atoms with E-state index >= 15 is 0 Å². The van der Waals surface area contributed by atoms with E-state index in [1.165, 1.54) is 0 Å². The maximum Gasteiger partial charge on any atom is 0.222 e. The fourth-order valence-corrected chi connectivity index (χ4v) is 1.64. The normalized spacial score (nSPS) is 10.2. The molecule has 0 radical (unpaired) electrons. The van der Waals surface area contributed by atoms with E-state index in [4.69, 9.17) is 5.73 Å². The number of hydrogen-bond acceptors (Lipinski definition) is 5. The zero-order chi connectivity index (χ0) is 12.3. The molecule has 0 fully saturated rings. The average Bonchev–Trinajstić information content (AvgIpc) is 2.37. The SMILES string of the molecule is CNc1cc(-c2ccccc2CO)nc(N)n1. The summed E-state index contributed by atoms with van der Waals surface area (Å²) in [4.78, 5) is 8.20. The lowest BCUT2D eigenvalue weighted by molar-refractivity contribution is 0.282. The van der Waals surface area contributed by atoms with Gasteiger partial charge in [0.15, 0.2) is 0 Å². The fourth-order valence-electron chi connectivity index (χ4n) is 1.64. The van der Waals surface area contributed by atoms with Crippen LogP contribution in [-0.2, 0) is 6.61 Å². The first-order valence-electron chi connectivity index (χ1n) is 5.26. The van der Waals surface area contributed by atoms with Gasteiger partial charge < -0.3 is 16.2 Å². The number of nitrogens with two attached hydrogens (primary N) is 1. The fraction of sp³-hybridized carbons (Fsp3) is 0.167. The van der Waals surface area contributed by atoms with Crippen molar-refractivity contribution in [3.8, 4) is 11.3 Å². The molecular formula is C12H14N4O. The van der Waals surface area contributed by atoms with E-state index in [2.05, 4.69) is 15.3 Å². The van der Waals surface area contributed by atoms with Crippen molar-refractivity contribution in [3.05, 3.63) is 35.9 Å². The summed E-state index contributed by atoms with van der Waals surface area (Å²) < 4.78 is 0. The zero-order valence-corrected chi connectivity index (χ0v) is 9.51. The van der Waals surface area contributed by atoms with E-state index < -0.39 is 0 Å². The molecule has 0 saturated heterocycles. The van der Waals surface area contributed by atoms with Crippen LogP contribution in [0.15, 0.2) is 30.3 Å². The third-order valence-electron chi connectivity index (χ3n) is 2.46. The summed E-state index contributed by atoms with van der Waals surface area (Å²) in [7, 11) is 1.77. The predicted molar refractivity (Wildman–Crippen MR) is 67.3 cm³/mol. The maximum absolute atomic E-state index is 9.29. The van der Waals surface area contributed by atoms with Gasteiger partial charge in [0.2, 0.25) is 5.95 Å². The molecule has 88 valence electrons. The van der Waals surface area contributed by atoms with E-state index in [0.717, 1.165) is 11.1 Å². The largest absolute Gasteiger partial charge is 0.392 e. The molecule has 0 bridgehead atoms. The molecule has 0 aliphatic rings. The summed E-state index contributed by atoms with van der Waals surface area (Å²) in [5.74, 6) is 0.861. The van der Waals surface area contributed by atoms with Crippen LogP contribution in [0.4, 0.5) is 11.8 Å². The number of rotatable bonds is 3. The molecule has 0 saturated carbocycles. The third kappa shape index (κ3) is 2.34. The second-order valence-electron chi connectivity index (χ2n) is 3.56. The molecule has 17 heavy (non-hydrogen) atoms. The third-order valence-corrected chi connectivity index (χ3v) is 2.46. The lowest BCUT2D eigenvalue weighted by atomic mass is 10.0. The quantitative estimate of drug-likeness (QED) is 0.739. The van der Waals surface area contributed by atoms with Crippen molar-refractivity contribution in [1.82, 2.24) is 9.97 Å². The van der Waals surface area contributed by atoms with Crippen LogP contribution >= 0.6 is 0 Å². The Balaban J connectivity index is 2.55. The van der Waals surface area contributed by atoms with Gasteiger partial charge in [-0.15, -0.1) is 0 Å². The minimum Gasteiger partial charge on any atom is -0.392 e. The lowest BCUT2D eigenvalue weighted by Gasteiger charge is -2.08. The van der Waals surface area contributed by atoms with Crippen LogP contribution in [0.25, 0.3) is 11.3 Å². The van der Waals surface area contributed by atoms with Crippen LogP contribution in [-0.4, -0.2) is 22.1 Å².